The minimum atomic E-state index is -2.81. The number of hydrogen-bond donors (Lipinski definition) is 1. The van der Waals surface area contributed by atoms with E-state index < -0.39 is 9.84 Å². The molecule has 4 heteroatoms. The molecule has 0 aliphatic heterocycles. The summed E-state index contributed by atoms with van der Waals surface area (Å²) < 4.78 is 22.1. The summed E-state index contributed by atoms with van der Waals surface area (Å²) in [4.78, 5) is 0. The Balaban J connectivity index is 2.38. The van der Waals surface area contributed by atoms with Crippen molar-refractivity contribution in [3.63, 3.8) is 0 Å². The normalized spacial score (nSPS) is 21.9. The summed E-state index contributed by atoms with van der Waals surface area (Å²) in [6, 6.07) is 0.359. The fourth-order valence-corrected chi connectivity index (χ4v) is 2.64. The van der Waals surface area contributed by atoms with E-state index in [-0.39, 0.29) is 0 Å². The molecular formula is C10H21NO2S. The molecule has 14 heavy (non-hydrogen) atoms. The van der Waals surface area contributed by atoms with E-state index in [2.05, 4.69) is 12.2 Å². The van der Waals surface area contributed by atoms with Crippen LogP contribution in [0.2, 0.25) is 0 Å². The van der Waals surface area contributed by atoms with Crippen molar-refractivity contribution >= 4 is 9.84 Å². The van der Waals surface area contributed by atoms with E-state index in [0.717, 1.165) is 12.3 Å². The second-order valence-corrected chi connectivity index (χ2v) is 6.77. The van der Waals surface area contributed by atoms with Gasteiger partial charge in [0.05, 0.1) is 5.75 Å². The molecule has 0 aromatic rings. The maximum absolute atomic E-state index is 11.0. The maximum Gasteiger partial charge on any atom is 0.147 e. The van der Waals surface area contributed by atoms with Crippen molar-refractivity contribution in [3.05, 3.63) is 0 Å². The van der Waals surface area contributed by atoms with Gasteiger partial charge in [-0.05, 0) is 38.1 Å². The Bertz CT molecular complexity index is 270. The van der Waals surface area contributed by atoms with Gasteiger partial charge in [0, 0.05) is 12.3 Å². The lowest BCUT2D eigenvalue weighted by molar-refractivity contribution is 0.352. The lowest BCUT2D eigenvalue weighted by atomic mass is 9.95. The molecular weight excluding hydrogens is 198 g/mol. The number of nitrogens with one attached hydrogen (secondary N) is 1. The Morgan fingerprint density at radius 3 is 2.36 bits per heavy atom. The third-order valence-electron chi connectivity index (χ3n) is 3.17. The molecule has 0 amide bonds. The summed E-state index contributed by atoms with van der Waals surface area (Å²) in [7, 11) is -0.886. The van der Waals surface area contributed by atoms with Crippen LogP contribution in [0.25, 0.3) is 0 Å². The topological polar surface area (TPSA) is 46.2 Å². The third-order valence-corrected chi connectivity index (χ3v) is 4.15. The first-order chi connectivity index (χ1) is 6.44. The molecule has 0 saturated heterocycles. The average molecular weight is 219 g/mol. The van der Waals surface area contributed by atoms with Gasteiger partial charge in [0.2, 0.25) is 0 Å². The quantitative estimate of drug-likeness (QED) is 0.726. The zero-order valence-electron chi connectivity index (χ0n) is 9.29. The minimum absolute atomic E-state index is 0.301. The lowest BCUT2D eigenvalue weighted by Gasteiger charge is -2.22. The SMILES string of the molecule is CNC(CCS(C)(=O)=O)C(C)C1CC1. The molecule has 84 valence electrons. The molecule has 0 aromatic heterocycles. The molecule has 3 nitrogen and oxygen atoms in total. The highest BCUT2D eigenvalue weighted by atomic mass is 32.2. The molecule has 2 atom stereocenters. The van der Waals surface area contributed by atoms with Crippen molar-refractivity contribution < 1.29 is 8.42 Å². The molecule has 1 aliphatic carbocycles. The highest BCUT2D eigenvalue weighted by Gasteiger charge is 2.32. The van der Waals surface area contributed by atoms with Crippen LogP contribution in [0.1, 0.15) is 26.2 Å². The van der Waals surface area contributed by atoms with Crippen molar-refractivity contribution in [2.45, 2.75) is 32.2 Å². The first-order valence-corrected chi connectivity index (χ1v) is 7.35. The molecule has 0 radical (unpaired) electrons. The van der Waals surface area contributed by atoms with Crippen LogP contribution in [-0.2, 0) is 9.84 Å². The first-order valence-electron chi connectivity index (χ1n) is 5.29. The Hall–Kier alpha value is -0.0900. The van der Waals surface area contributed by atoms with Gasteiger partial charge >= 0.3 is 0 Å². The number of hydrogen-bond acceptors (Lipinski definition) is 3. The fraction of sp³-hybridized carbons (Fsp3) is 1.00. The third kappa shape index (κ3) is 3.96. The zero-order valence-corrected chi connectivity index (χ0v) is 10.1. The molecule has 0 aromatic carbocycles. The van der Waals surface area contributed by atoms with E-state index in [1.807, 2.05) is 7.05 Å². The summed E-state index contributed by atoms with van der Waals surface area (Å²) in [6.45, 7) is 2.22. The van der Waals surface area contributed by atoms with Gasteiger partial charge in [0.25, 0.3) is 0 Å². The molecule has 0 spiro atoms. The number of rotatable bonds is 6. The van der Waals surface area contributed by atoms with Crippen molar-refractivity contribution in [1.82, 2.24) is 5.32 Å². The zero-order chi connectivity index (χ0) is 10.8. The summed E-state index contributed by atoms with van der Waals surface area (Å²) in [5, 5.41) is 3.23. The van der Waals surface area contributed by atoms with Crippen LogP contribution in [0.15, 0.2) is 0 Å². The predicted octanol–water partition coefficient (Wildman–Crippen LogP) is 1.06. The predicted molar refractivity (Wildman–Crippen MR) is 59.1 cm³/mol. The lowest BCUT2D eigenvalue weighted by Crippen LogP contribution is -2.34. The monoisotopic (exact) mass is 219 g/mol. The van der Waals surface area contributed by atoms with Gasteiger partial charge < -0.3 is 5.32 Å². The van der Waals surface area contributed by atoms with E-state index in [9.17, 15) is 8.42 Å². The Labute approximate surface area is 87.2 Å². The van der Waals surface area contributed by atoms with Crippen LogP contribution in [-0.4, -0.2) is 33.5 Å². The average Bonchev–Trinajstić information content (AvgIpc) is 2.85. The standard InChI is InChI=1S/C10H21NO2S/c1-8(9-4-5-9)10(11-2)6-7-14(3,12)13/h8-11H,4-7H2,1-3H3. The molecule has 1 rings (SSSR count). The first kappa shape index (κ1) is 12.0. The van der Waals surface area contributed by atoms with Gasteiger partial charge in [-0.25, -0.2) is 8.42 Å². The minimum Gasteiger partial charge on any atom is -0.317 e. The van der Waals surface area contributed by atoms with Gasteiger partial charge in [0.15, 0.2) is 0 Å². The second-order valence-electron chi connectivity index (χ2n) is 4.51. The maximum atomic E-state index is 11.0. The van der Waals surface area contributed by atoms with E-state index in [0.29, 0.717) is 17.7 Å². The van der Waals surface area contributed by atoms with Gasteiger partial charge in [-0.15, -0.1) is 0 Å². The highest BCUT2D eigenvalue weighted by Crippen LogP contribution is 2.38. The molecule has 1 aliphatic rings. The largest absolute Gasteiger partial charge is 0.317 e. The van der Waals surface area contributed by atoms with Gasteiger partial charge in [-0.2, -0.15) is 0 Å². The second kappa shape index (κ2) is 4.62. The summed E-state index contributed by atoms with van der Waals surface area (Å²) in [5.41, 5.74) is 0. The van der Waals surface area contributed by atoms with Crippen molar-refractivity contribution in [1.29, 1.82) is 0 Å². The summed E-state index contributed by atoms with van der Waals surface area (Å²) in [5.74, 6) is 1.74. The van der Waals surface area contributed by atoms with Gasteiger partial charge in [-0.1, -0.05) is 6.92 Å². The molecule has 1 fully saturated rings. The summed E-state index contributed by atoms with van der Waals surface area (Å²) in [6.07, 6.45) is 4.69. The number of sulfone groups is 1. The van der Waals surface area contributed by atoms with E-state index >= 15 is 0 Å². The van der Waals surface area contributed by atoms with E-state index in [4.69, 9.17) is 0 Å². The van der Waals surface area contributed by atoms with Crippen LogP contribution in [0, 0.1) is 11.8 Å². The molecule has 0 bridgehead atoms. The molecule has 1 saturated carbocycles. The van der Waals surface area contributed by atoms with E-state index in [1.165, 1.54) is 19.1 Å². The van der Waals surface area contributed by atoms with Crippen molar-refractivity contribution in [2.75, 3.05) is 19.1 Å². The Morgan fingerprint density at radius 1 is 1.43 bits per heavy atom. The smallest absolute Gasteiger partial charge is 0.147 e. The molecule has 0 heterocycles. The molecule has 1 N–H and O–H groups in total. The Morgan fingerprint density at radius 2 is 2.00 bits per heavy atom. The summed E-state index contributed by atoms with van der Waals surface area (Å²) >= 11 is 0. The van der Waals surface area contributed by atoms with Crippen LogP contribution >= 0.6 is 0 Å². The van der Waals surface area contributed by atoms with Crippen LogP contribution in [0.5, 0.6) is 0 Å². The Kier molecular flexibility index (Phi) is 3.95. The van der Waals surface area contributed by atoms with Gasteiger partial charge in [-0.3, -0.25) is 0 Å². The highest BCUT2D eigenvalue weighted by molar-refractivity contribution is 7.90. The van der Waals surface area contributed by atoms with Gasteiger partial charge in [0.1, 0.15) is 9.84 Å². The van der Waals surface area contributed by atoms with Crippen LogP contribution in [0.3, 0.4) is 0 Å². The molecule has 2 unspecified atom stereocenters. The fourth-order valence-electron chi connectivity index (χ4n) is 1.96. The van der Waals surface area contributed by atoms with Crippen molar-refractivity contribution in [2.24, 2.45) is 11.8 Å². The van der Waals surface area contributed by atoms with Crippen LogP contribution < -0.4 is 5.32 Å². The van der Waals surface area contributed by atoms with Crippen molar-refractivity contribution in [3.8, 4) is 0 Å². The van der Waals surface area contributed by atoms with Crippen LogP contribution in [0.4, 0.5) is 0 Å². The van der Waals surface area contributed by atoms with E-state index in [1.54, 1.807) is 0 Å².